The molecule has 0 amide bonds. The van der Waals surface area contributed by atoms with Gasteiger partial charge in [0, 0.05) is 5.92 Å². The van der Waals surface area contributed by atoms with Gasteiger partial charge in [0.15, 0.2) is 5.78 Å². The SMILES string of the molecule is C[C@@H]1CC[C@]2(C(=O)O)CC[C@]3(C)C(=CCC4[C@@]5(C)CC[C@@H](C(=O)[C@@H]6OC(OC=O)[C@@H](O)C(O)[C@@H]6O)C(C)(C)C5CC[C@]43C)C2[C@H]1C. The molecule has 1 heterocycles. The van der Waals surface area contributed by atoms with Crippen LogP contribution in [0.15, 0.2) is 11.6 Å². The summed E-state index contributed by atoms with van der Waals surface area (Å²) in [5.41, 5.74) is 0.117. The highest BCUT2D eigenvalue weighted by Gasteiger charge is 2.70. The van der Waals surface area contributed by atoms with Gasteiger partial charge >= 0.3 is 5.97 Å². The summed E-state index contributed by atoms with van der Waals surface area (Å²) in [5.74, 6) is 0.0567. The first-order valence-corrected chi connectivity index (χ1v) is 17.7. The van der Waals surface area contributed by atoms with Gasteiger partial charge < -0.3 is 29.9 Å². The Kier molecular flexibility index (Phi) is 8.23. The highest BCUT2D eigenvalue weighted by Crippen LogP contribution is 2.76. The van der Waals surface area contributed by atoms with Gasteiger partial charge in [-0.25, -0.2) is 0 Å². The first-order valence-electron chi connectivity index (χ1n) is 17.7. The molecular weight excluding hydrogens is 588 g/mol. The fourth-order valence-electron chi connectivity index (χ4n) is 12.8. The number of ether oxygens (including phenoxy) is 2. The molecule has 5 fully saturated rings. The topological polar surface area (TPSA) is 151 Å². The summed E-state index contributed by atoms with van der Waals surface area (Å²) in [6.07, 6.45) is 2.14. The average molecular weight is 645 g/mol. The number of rotatable bonds is 5. The number of allylic oxidation sites excluding steroid dienone is 2. The van der Waals surface area contributed by atoms with E-state index in [1.54, 1.807) is 0 Å². The lowest BCUT2D eigenvalue weighted by Crippen LogP contribution is -2.66. The summed E-state index contributed by atoms with van der Waals surface area (Å²) in [6, 6.07) is 0. The first-order chi connectivity index (χ1) is 21.4. The number of aliphatic hydroxyl groups excluding tert-OH is 3. The van der Waals surface area contributed by atoms with E-state index in [1.165, 1.54) is 5.57 Å². The van der Waals surface area contributed by atoms with Gasteiger partial charge in [0.2, 0.25) is 6.29 Å². The summed E-state index contributed by atoms with van der Waals surface area (Å²) in [7, 11) is 0. The number of aliphatic hydroxyl groups is 3. The smallest absolute Gasteiger partial charge is 0.310 e. The lowest BCUT2D eigenvalue weighted by atomic mass is 9.33. The fourth-order valence-corrected chi connectivity index (χ4v) is 12.8. The number of carbonyl (C=O) groups excluding carboxylic acids is 2. The van der Waals surface area contributed by atoms with E-state index in [9.17, 15) is 34.8 Å². The molecule has 4 N–H and O–H groups in total. The van der Waals surface area contributed by atoms with Crippen LogP contribution in [0.25, 0.3) is 0 Å². The molecular formula is C37H56O9. The van der Waals surface area contributed by atoms with Crippen molar-refractivity contribution in [2.24, 2.45) is 62.6 Å². The number of Topliss-reactive ketones (excluding diaryl/α,β-unsaturated/α-hetero) is 1. The summed E-state index contributed by atoms with van der Waals surface area (Å²) in [5, 5.41) is 42.2. The molecule has 9 heteroatoms. The zero-order valence-electron chi connectivity index (χ0n) is 28.7. The van der Waals surface area contributed by atoms with Gasteiger partial charge in [-0.05, 0) is 109 Å². The third-order valence-corrected chi connectivity index (χ3v) is 15.8. The fraction of sp³-hybridized carbons (Fsp3) is 0.865. The van der Waals surface area contributed by atoms with Crippen LogP contribution in [0.2, 0.25) is 0 Å². The highest BCUT2D eigenvalue weighted by atomic mass is 16.7. The monoisotopic (exact) mass is 644 g/mol. The van der Waals surface area contributed by atoms with E-state index in [0.29, 0.717) is 24.2 Å². The van der Waals surface area contributed by atoms with Crippen molar-refractivity contribution in [3.8, 4) is 0 Å². The van der Waals surface area contributed by atoms with Crippen LogP contribution in [0.1, 0.15) is 106 Å². The quantitative estimate of drug-likeness (QED) is 0.242. The molecule has 0 aromatic rings. The molecule has 6 rings (SSSR count). The lowest BCUT2D eigenvalue weighted by molar-refractivity contribution is -0.280. The van der Waals surface area contributed by atoms with Crippen molar-refractivity contribution in [1.29, 1.82) is 0 Å². The van der Waals surface area contributed by atoms with Gasteiger partial charge in [0.1, 0.15) is 24.4 Å². The minimum atomic E-state index is -1.69. The molecule has 0 radical (unpaired) electrons. The lowest BCUT2D eigenvalue weighted by Gasteiger charge is -2.71. The predicted octanol–water partition coefficient (Wildman–Crippen LogP) is 4.89. The number of aliphatic carboxylic acids is 1. The van der Waals surface area contributed by atoms with Crippen LogP contribution in [0.5, 0.6) is 0 Å². The van der Waals surface area contributed by atoms with Crippen LogP contribution in [-0.2, 0) is 23.9 Å². The Bertz CT molecular complexity index is 1290. The largest absolute Gasteiger partial charge is 0.481 e. The molecule has 0 aromatic carbocycles. The molecule has 46 heavy (non-hydrogen) atoms. The summed E-state index contributed by atoms with van der Waals surface area (Å²) >= 11 is 0. The number of hydrogen-bond acceptors (Lipinski definition) is 8. The van der Waals surface area contributed by atoms with Gasteiger partial charge in [0.25, 0.3) is 6.47 Å². The van der Waals surface area contributed by atoms with Crippen LogP contribution in [-0.4, -0.2) is 69.4 Å². The van der Waals surface area contributed by atoms with E-state index in [1.807, 2.05) is 0 Å². The van der Waals surface area contributed by atoms with Crippen LogP contribution < -0.4 is 0 Å². The Morgan fingerprint density at radius 2 is 1.59 bits per heavy atom. The second kappa shape index (κ2) is 11.1. The molecule has 5 unspecified atom stereocenters. The molecule has 1 aliphatic heterocycles. The molecule has 15 atom stereocenters. The number of ketones is 1. The summed E-state index contributed by atoms with van der Waals surface area (Å²) in [4.78, 5) is 38.1. The van der Waals surface area contributed by atoms with Gasteiger partial charge in [-0.1, -0.05) is 60.1 Å². The molecule has 5 aliphatic carbocycles. The Hall–Kier alpha value is -1.81. The molecule has 0 aromatic heterocycles. The van der Waals surface area contributed by atoms with E-state index in [0.717, 1.165) is 51.4 Å². The number of carbonyl (C=O) groups is 3. The highest BCUT2D eigenvalue weighted by molar-refractivity contribution is 5.87. The molecule has 9 nitrogen and oxygen atoms in total. The average Bonchev–Trinajstić information content (AvgIpc) is 2.99. The van der Waals surface area contributed by atoms with Crippen LogP contribution >= 0.6 is 0 Å². The maximum absolute atomic E-state index is 14.1. The Balaban J connectivity index is 1.31. The van der Waals surface area contributed by atoms with Crippen molar-refractivity contribution in [1.82, 2.24) is 0 Å². The van der Waals surface area contributed by atoms with Crippen molar-refractivity contribution in [3.63, 3.8) is 0 Å². The van der Waals surface area contributed by atoms with E-state index in [4.69, 9.17) is 9.47 Å². The van der Waals surface area contributed by atoms with Crippen LogP contribution in [0.3, 0.4) is 0 Å². The molecule has 0 spiro atoms. The third-order valence-electron chi connectivity index (χ3n) is 15.8. The van der Waals surface area contributed by atoms with Crippen LogP contribution in [0.4, 0.5) is 0 Å². The minimum Gasteiger partial charge on any atom is -0.481 e. The Labute approximate surface area is 273 Å². The normalized spacial score (nSPS) is 52.9. The minimum absolute atomic E-state index is 0.0113. The van der Waals surface area contributed by atoms with Gasteiger partial charge in [-0.3, -0.25) is 14.4 Å². The zero-order valence-corrected chi connectivity index (χ0v) is 28.7. The van der Waals surface area contributed by atoms with Crippen LogP contribution in [0, 0.1) is 62.6 Å². The van der Waals surface area contributed by atoms with E-state index in [2.05, 4.69) is 54.5 Å². The van der Waals surface area contributed by atoms with Gasteiger partial charge in [-0.15, -0.1) is 0 Å². The van der Waals surface area contributed by atoms with Gasteiger partial charge in [0.05, 0.1) is 5.41 Å². The maximum Gasteiger partial charge on any atom is 0.310 e. The Morgan fingerprint density at radius 1 is 0.891 bits per heavy atom. The van der Waals surface area contributed by atoms with Crippen molar-refractivity contribution in [3.05, 3.63) is 11.6 Å². The standard InChI is InChI=1S/C37H56O9/c1-19-10-15-37(32(43)44)17-16-35(6)21(25(37)20(19)2)8-9-24-34(5)13-11-22(33(3,4)23(34)12-14-36(24,35)7)26(39)30-28(41)27(40)29(42)31(46-30)45-18-38/h8,18-20,22-25,27-31,40-42H,9-17H2,1-7H3,(H,43,44)/t19-,20+,22+,23?,24?,25?,27?,28+,29+,30+,31?,34+,35-,36-,37+/m1/s1. The second-order valence-electron chi connectivity index (χ2n) is 17.6. The maximum atomic E-state index is 14.1. The van der Waals surface area contributed by atoms with Crippen molar-refractivity contribution < 1.29 is 44.3 Å². The van der Waals surface area contributed by atoms with Crippen molar-refractivity contribution in [2.45, 2.75) is 137 Å². The summed E-state index contributed by atoms with van der Waals surface area (Å²) < 4.78 is 10.4. The number of carboxylic acids is 1. The van der Waals surface area contributed by atoms with E-state index >= 15 is 0 Å². The third kappa shape index (κ3) is 4.36. The number of fused-ring (bicyclic) bond motifs is 7. The molecule has 6 aliphatic rings. The van der Waals surface area contributed by atoms with Crippen molar-refractivity contribution in [2.75, 3.05) is 0 Å². The second-order valence-corrected chi connectivity index (χ2v) is 17.6. The molecule has 4 saturated carbocycles. The molecule has 0 bridgehead atoms. The van der Waals surface area contributed by atoms with E-state index < -0.39 is 53.4 Å². The van der Waals surface area contributed by atoms with E-state index in [-0.39, 0.29) is 40.3 Å². The number of hydrogen-bond donors (Lipinski definition) is 4. The molecule has 1 saturated heterocycles. The van der Waals surface area contributed by atoms with Gasteiger partial charge in [-0.2, -0.15) is 0 Å². The predicted molar refractivity (Wildman–Crippen MR) is 169 cm³/mol. The molecule has 258 valence electrons. The zero-order chi connectivity index (χ0) is 33.8. The summed E-state index contributed by atoms with van der Waals surface area (Å²) in [6.45, 7) is 16.3. The first kappa shape index (κ1) is 34.1. The van der Waals surface area contributed by atoms with Crippen molar-refractivity contribution >= 4 is 18.2 Å². The Morgan fingerprint density at radius 3 is 2.24 bits per heavy atom. The number of carboxylic acid groups (broad SMARTS) is 1.